The second-order valence-corrected chi connectivity index (χ2v) is 5.82. The fraction of sp³-hybridized carbons (Fsp3) is 0.412. The first-order chi connectivity index (χ1) is 11.2. The van der Waals surface area contributed by atoms with Crippen molar-refractivity contribution in [2.24, 2.45) is 5.92 Å². The third-order valence-corrected chi connectivity index (χ3v) is 4.27. The van der Waals surface area contributed by atoms with E-state index in [0.29, 0.717) is 0 Å². The minimum Gasteiger partial charge on any atom is -0.349 e. The molecule has 6 heteroatoms. The number of hydrogen-bond donors (Lipinski definition) is 1. The van der Waals surface area contributed by atoms with Crippen LogP contribution in [0, 0.1) is 5.92 Å². The van der Waals surface area contributed by atoms with E-state index in [1.54, 1.807) is 24.8 Å². The monoisotopic (exact) mass is 311 g/mol. The average Bonchev–Trinajstić information content (AvgIpc) is 2.63. The molecule has 1 fully saturated rings. The molecule has 1 N–H and O–H groups in total. The van der Waals surface area contributed by atoms with Crippen LogP contribution < -0.4 is 10.2 Å². The van der Waals surface area contributed by atoms with Crippen LogP contribution in [0.15, 0.2) is 43.0 Å². The number of rotatable bonds is 4. The van der Waals surface area contributed by atoms with Gasteiger partial charge >= 0.3 is 0 Å². The summed E-state index contributed by atoms with van der Waals surface area (Å²) in [4.78, 5) is 27.1. The van der Waals surface area contributed by atoms with Crippen molar-refractivity contribution >= 4 is 11.9 Å². The maximum absolute atomic E-state index is 12.4. The summed E-state index contributed by atoms with van der Waals surface area (Å²) in [5.74, 6) is 0.929. The molecule has 2 aromatic heterocycles. The van der Waals surface area contributed by atoms with Gasteiger partial charge in [0.05, 0.1) is 6.04 Å². The summed E-state index contributed by atoms with van der Waals surface area (Å²) < 4.78 is 0. The van der Waals surface area contributed by atoms with Crippen molar-refractivity contribution in [2.75, 3.05) is 18.0 Å². The maximum Gasteiger partial charge on any atom is 0.225 e. The number of nitrogens with one attached hydrogen (secondary N) is 1. The Bertz CT molecular complexity index is 626. The molecule has 3 heterocycles. The Hall–Kier alpha value is -2.50. The van der Waals surface area contributed by atoms with Gasteiger partial charge in [-0.25, -0.2) is 9.97 Å². The molecule has 1 atom stereocenters. The van der Waals surface area contributed by atoms with E-state index in [1.165, 1.54) is 0 Å². The molecule has 1 saturated heterocycles. The molecule has 120 valence electrons. The van der Waals surface area contributed by atoms with Gasteiger partial charge in [0.1, 0.15) is 0 Å². The van der Waals surface area contributed by atoms with Crippen LogP contribution in [-0.4, -0.2) is 33.9 Å². The SMILES string of the molecule is C[C@H](NC(=O)C1CCN(c2ncccn2)CC1)c1ccncc1. The maximum atomic E-state index is 12.4. The summed E-state index contributed by atoms with van der Waals surface area (Å²) in [6.07, 6.45) is 8.64. The largest absolute Gasteiger partial charge is 0.349 e. The molecule has 0 radical (unpaired) electrons. The summed E-state index contributed by atoms with van der Waals surface area (Å²) in [7, 11) is 0. The molecule has 2 aromatic rings. The van der Waals surface area contributed by atoms with Gasteiger partial charge in [0.15, 0.2) is 0 Å². The van der Waals surface area contributed by atoms with Crippen LogP contribution in [0.5, 0.6) is 0 Å². The Morgan fingerprint density at radius 2 is 1.83 bits per heavy atom. The molecule has 0 unspecified atom stereocenters. The van der Waals surface area contributed by atoms with Crippen LogP contribution in [0.2, 0.25) is 0 Å². The van der Waals surface area contributed by atoms with Crippen LogP contribution in [0.4, 0.5) is 5.95 Å². The molecule has 6 nitrogen and oxygen atoms in total. The summed E-state index contributed by atoms with van der Waals surface area (Å²) in [6.45, 7) is 3.62. The quantitative estimate of drug-likeness (QED) is 0.934. The molecule has 0 aromatic carbocycles. The molecule has 0 saturated carbocycles. The number of anilines is 1. The number of aromatic nitrogens is 3. The highest BCUT2D eigenvalue weighted by atomic mass is 16.1. The van der Waals surface area contributed by atoms with E-state index in [1.807, 2.05) is 25.1 Å². The molecular weight excluding hydrogens is 290 g/mol. The van der Waals surface area contributed by atoms with Gasteiger partial charge in [-0.1, -0.05) is 0 Å². The summed E-state index contributed by atoms with van der Waals surface area (Å²) in [5, 5.41) is 3.10. The van der Waals surface area contributed by atoms with Gasteiger partial charge in [-0.05, 0) is 43.5 Å². The topological polar surface area (TPSA) is 71.0 Å². The van der Waals surface area contributed by atoms with Crippen molar-refractivity contribution in [3.05, 3.63) is 48.5 Å². The molecule has 1 aliphatic heterocycles. The Morgan fingerprint density at radius 3 is 2.48 bits per heavy atom. The van der Waals surface area contributed by atoms with Crippen LogP contribution in [-0.2, 0) is 4.79 Å². The number of amides is 1. The Balaban J connectivity index is 1.52. The number of nitrogens with zero attached hydrogens (tertiary/aromatic N) is 4. The number of carbonyl (C=O) groups is 1. The van der Waals surface area contributed by atoms with Crippen molar-refractivity contribution in [1.29, 1.82) is 0 Å². The van der Waals surface area contributed by atoms with Gasteiger partial charge in [0.2, 0.25) is 11.9 Å². The summed E-state index contributed by atoms with van der Waals surface area (Å²) in [5.41, 5.74) is 1.07. The van der Waals surface area contributed by atoms with E-state index in [2.05, 4.69) is 25.2 Å². The lowest BCUT2D eigenvalue weighted by Crippen LogP contribution is -2.41. The van der Waals surface area contributed by atoms with E-state index in [-0.39, 0.29) is 17.9 Å². The zero-order valence-electron chi connectivity index (χ0n) is 13.2. The fourth-order valence-electron chi connectivity index (χ4n) is 2.86. The van der Waals surface area contributed by atoms with Crippen molar-refractivity contribution in [3.8, 4) is 0 Å². The lowest BCUT2D eigenvalue weighted by molar-refractivity contribution is -0.126. The van der Waals surface area contributed by atoms with Gasteiger partial charge < -0.3 is 10.2 Å². The first kappa shape index (κ1) is 15.4. The molecule has 23 heavy (non-hydrogen) atoms. The zero-order valence-corrected chi connectivity index (χ0v) is 13.2. The first-order valence-corrected chi connectivity index (χ1v) is 7.96. The third-order valence-electron chi connectivity index (χ3n) is 4.27. The normalized spacial score (nSPS) is 16.8. The summed E-state index contributed by atoms with van der Waals surface area (Å²) >= 11 is 0. The first-order valence-electron chi connectivity index (χ1n) is 7.96. The number of carbonyl (C=O) groups excluding carboxylic acids is 1. The molecule has 0 spiro atoms. The Kier molecular flexibility index (Phi) is 4.80. The molecule has 1 amide bonds. The summed E-state index contributed by atoms with van der Waals surface area (Å²) in [6, 6.07) is 5.67. The molecule has 1 aliphatic rings. The highest BCUT2D eigenvalue weighted by molar-refractivity contribution is 5.79. The lowest BCUT2D eigenvalue weighted by Gasteiger charge is -2.31. The Morgan fingerprint density at radius 1 is 1.17 bits per heavy atom. The molecular formula is C17H21N5O. The predicted octanol–water partition coefficient (Wildman–Crippen LogP) is 1.97. The zero-order chi connectivity index (χ0) is 16.1. The van der Waals surface area contributed by atoms with Gasteiger partial charge in [-0.2, -0.15) is 0 Å². The van der Waals surface area contributed by atoms with Gasteiger partial charge in [-0.3, -0.25) is 9.78 Å². The predicted molar refractivity (Wildman–Crippen MR) is 87.8 cm³/mol. The van der Waals surface area contributed by atoms with Gasteiger partial charge in [0.25, 0.3) is 0 Å². The van der Waals surface area contributed by atoms with Crippen LogP contribution in [0.25, 0.3) is 0 Å². The van der Waals surface area contributed by atoms with Crippen molar-refractivity contribution in [2.45, 2.75) is 25.8 Å². The highest BCUT2D eigenvalue weighted by Gasteiger charge is 2.26. The van der Waals surface area contributed by atoms with Crippen LogP contribution in [0.1, 0.15) is 31.4 Å². The standard InChI is InChI=1S/C17H21N5O/c1-13(14-3-9-18-10-4-14)21-16(23)15-5-11-22(12-6-15)17-19-7-2-8-20-17/h2-4,7-10,13,15H,5-6,11-12H2,1H3,(H,21,23)/t13-/m0/s1. The minimum atomic E-state index is 0.000913. The molecule has 3 rings (SSSR count). The van der Waals surface area contributed by atoms with E-state index in [0.717, 1.165) is 37.4 Å². The Labute approximate surface area is 136 Å². The number of hydrogen-bond acceptors (Lipinski definition) is 5. The lowest BCUT2D eigenvalue weighted by atomic mass is 9.95. The fourth-order valence-corrected chi connectivity index (χ4v) is 2.86. The average molecular weight is 311 g/mol. The van der Waals surface area contributed by atoms with Crippen molar-refractivity contribution in [1.82, 2.24) is 20.3 Å². The van der Waals surface area contributed by atoms with E-state index in [9.17, 15) is 4.79 Å². The van der Waals surface area contributed by atoms with E-state index < -0.39 is 0 Å². The van der Waals surface area contributed by atoms with Crippen LogP contribution >= 0.6 is 0 Å². The van der Waals surface area contributed by atoms with Gasteiger partial charge in [0, 0.05) is 43.8 Å². The second-order valence-electron chi connectivity index (χ2n) is 5.82. The highest BCUT2D eigenvalue weighted by Crippen LogP contribution is 2.21. The van der Waals surface area contributed by atoms with Crippen molar-refractivity contribution in [3.63, 3.8) is 0 Å². The smallest absolute Gasteiger partial charge is 0.225 e. The second kappa shape index (κ2) is 7.17. The third kappa shape index (κ3) is 3.83. The van der Waals surface area contributed by atoms with Gasteiger partial charge in [-0.15, -0.1) is 0 Å². The minimum absolute atomic E-state index is 0.000913. The molecule has 0 aliphatic carbocycles. The van der Waals surface area contributed by atoms with Crippen LogP contribution in [0.3, 0.4) is 0 Å². The van der Waals surface area contributed by atoms with Crippen molar-refractivity contribution < 1.29 is 4.79 Å². The number of piperidine rings is 1. The number of pyridine rings is 1. The molecule has 0 bridgehead atoms. The van der Waals surface area contributed by atoms with E-state index >= 15 is 0 Å². The van der Waals surface area contributed by atoms with E-state index in [4.69, 9.17) is 0 Å².